The summed E-state index contributed by atoms with van der Waals surface area (Å²) < 4.78 is 2.07. The van der Waals surface area contributed by atoms with Crippen molar-refractivity contribution in [2.24, 2.45) is 0 Å². The number of benzene rings is 1. The zero-order chi connectivity index (χ0) is 17.6. The van der Waals surface area contributed by atoms with E-state index in [1.54, 1.807) is 12.1 Å². The summed E-state index contributed by atoms with van der Waals surface area (Å²) in [4.78, 5) is 16.5. The summed E-state index contributed by atoms with van der Waals surface area (Å²) in [6, 6.07) is 13.4. The van der Waals surface area contributed by atoms with E-state index < -0.39 is 0 Å². The molecular weight excluding hydrogens is 316 g/mol. The molecule has 0 atom stereocenters. The van der Waals surface area contributed by atoms with Crippen molar-refractivity contribution in [2.75, 3.05) is 18.5 Å². The van der Waals surface area contributed by atoms with Crippen molar-refractivity contribution in [3.05, 3.63) is 65.6 Å². The minimum Gasteiger partial charge on any atom is -0.396 e. The highest BCUT2D eigenvalue weighted by Gasteiger charge is 2.06. The molecule has 0 aliphatic heterocycles. The lowest BCUT2D eigenvalue weighted by atomic mass is 10.2. The normalized spacial score (nSPS) is 10.8. The van der Waals surface area contributed by atoms with Crippen LogP contribution in [0.2, 0.25) is 0 Å². The van der Waals surface area contributed by atoms with Gasteiger partial charge in [0.05, 0.1) is 12.2 Å². The van der Waals surface area contributed by atoms with Crippen LogP contribution in [0.5, 0.6) is 0 Å². The van der Waals surface area contributed by atoms with Gasteiger partial charge in [-0.15, -0.1) is 0 Å². The molecule has 0 bridgehead atoms. The number of carbonyl (C=O) groups is 1. The minimum absolute atomic E-state index is 0.0751. The number of anilines is 1. The summed E-state index contributed by atoms with van der Waals surface area (Å²) in [7, 11) is 0. The van der Waals surface area contributed by atoms with Gasteiger partial charge >= 0.3 is 0 Å². The SMILES string of the molecule is Cc1cccc2nc(CNc3ccc(C(=O)NCCCO)cc3)cn12. The van der Waals surface area contributed by atoms with Gasteiger partial charge in [0.1, 0.15) is 5.65 Å². The van der Waals surface area contributed by atoms with E-state index in [1.165, 1.54) is 0 Å². The number of nitrogens with zero attached hydrogens (tertiary/aromatic N) is 2. The first-order valence-electron chi connectivity index (χ1n) is 8.34. The van der Waals surface area contributed by atoms with Gasteiger partial charge in [0.15, 0.2) is 0 Å². The van der Waals surface area contributed by atoms with Crippen molar-refractivity contribution in [1.82, 2.24) is 14.7 Å². The second-order valence-electron chi connectivity index (χ2n) is 5.89. The first kappa shape index (κ1) is 17.0. The van der Waals surface area contributed by atoms with Crippen molar-refractivity contribution in [3.63, 3.8) is 0 Å². The van der Waals surface area contributed by atoms with Crippen molar-refractivity contribution < 1.29 is 9.90 Å². The van der Waals surface area contributed by atoms with Gasteiger partial charge in [-0.25, -0.2) is 4.98 Å². The van der Waals surface area contributed by atoms with Crippen LogP contribution in [0.25, 0.3) is 5.65 Å². The number of aliphatic hydroxyl groups excluding tert-OH is 1. The minimum atomic E-state index is -0.129. The van der Waals surface area contributed by atoms with Gasteiger partial charge in [-0.3, -0.25) is 4.79 Å². The molecule has 3 aromatic rings. The molecule has 0 unspecified atom stereocenters. The molecule has 6 heteroatoms. The highest BCUT2D eigenvalue weighted by Crippen LogP contribution is 2.13. The predicted octanol–water partition coefficient (Wildman–Crippen LogP) is 2.37. The quantitative estimate of drug-likeness (QED) is 0.578. The van der Waals surface area contributed by atoms with Gasteiger partial charge in [0, 0.05) is 36.3 Å². The van der Waals surface area contributed by atoms with Gasteiger partial charge in [-0.2, -0.15) is 0 Å². The van der Waals surface area contributed by atoms with Gasteiger partial charge < -0.3 is 20.1 Å². The molecule has 1 aromatic carbocycles. The summed E-state index contributed by atoms with van der Waals surface area (Å²) in [6.45, 7) is 3.22. The first-order valence-corrected chi connectivity index (χ1v) is 8.34. The average Bonchev–Trinajstić information content (AvgIpc) is 3.05. The van der Waals surface area contributed by atoms with Crippen molar-refractivity contribution in [1.29, 1.82) is 0 Å². The smallest absolute Gasteiger partial charge is 0.251 e. The molecule has 2 aromatic heterocycles. The monoisotopic (exact) mass is 338 g/mol. The number of rotatable bonds is 7. The lowest BCUT2D eigenvalue weighted by molar-refractivity contribution is 0.0951. The number of aromatic nitrogens is 2. The Balaban J connectivity index is 1.59. The molecule has 25 heavy (non-hydrogen) atoms. The molecule has 130 valence electrons. The molecule has 6 nitrogen and oxygen atoms in total. The van der Waals surface area contributed by atoms with E-state index >= 15 is 0 Å². The molecule has 0 aliphatic carbocycles. The van der Waals surface area contributed by atoms with Crippen LogP contribution < -0.4 is 10.6 Å². The number of hydrogen-bond donors (Lipinski definition) is 3. The van der Waals surface area contributed by atoms with Crippen molar-refractivity contribution in [3.8, 4) is 0 Å². The second kappa shape index (κ2) is 7.81. The van der Waals surface area contributed by atoms with Gasteiger partial charge in [-0.05, 0) is 49.7 Å². The Morgan fingerprint density at radius 3 is 2.72 bits per heavy atom. The number of pyridine rings is 1. The standard InChI is InChI=1S/C19H22N4O2/c1-14-4-2-5-18-22-17(13-23(14)18)12-21-16-8-6-15(7-9-16)19(25)20-10-3-11-24/h2,4-9,13,21,24H,3,10-12H2,1H3,(H,20,25). The number of imidazole rings is 1. The highest BCUT2D eigenvalue weighted by molar-refractivity contribution is 5.94. The Morgan fingerprint density at radius 2 is 2.00 bits per heavy atom. The number of hydrogen-bond acceptors (Lipinski definition) is 4. The van der Waals surface area contributed by atoms with Crippen LogP contribution in [0.15, 0.2) is 48.7 Å². The number of carbonyl (C=O) groups excluding carboxylic acids is 1. The molecule has 1 amide bonds. The summed E-state index contributed by atoms with van der Waals surface area (Å²) in [6.07, 6.45) is 2.59. The fourth-order valence-corrected chi connectivity index (χ4v) is 2.60. The van der Waals surface area contributed by atoms with E-state index in [1.807, 2.05) is 30.5 Å². The molecule has 0 aliphatic rings. The van der Waals surface area contributed by atoms with Gasteiger partial charge in [-0.1, -0.05) is 6.07 Å². The summed E-state index contributed by atoms with van der Waals surface area (Å²) >= 11 is 0. The molecule has 0 fully saturated rings. The van der Waals surface area contributed by atoms with E-state index in [0.717, 1.165) is 22.7 Å². The second-order valence-corrected chi connectivity index (χ2v) is 5.89. The Morgan fingerprint density at radius 1 is 1.20 bits per heavy atom. The lowest BCUT2D eigenvalue weighted by Gasteiger charge is -2.07. The number of nitrogens with one attached hydrogen (secondary N) is 2. The summed E-state index contributed by atoms with van der Waals surface area (Å²) in [5, 5.41) is 14.8. The van der Waals surface area contributed by atoms with E-state index in [2.05, 4.69) is 33.0 Å². The van der Waals surface area contributed by atoms with Crippen LogP contribution in [-0.4, -0.2) is 33.6 Å². The molecule has 0 saturated carbocycles. The Hall–Kier alpha value is -2.86. The van der Waals surface area contributed by atoms with Crippen LogP contribution >= 0.6 is 0 Å². The molecular formula is C19H22N4O2. The van der Waals surface area contributed by atoms with Crippen molar-refractivity contribution >= 4 is 17.2 Å². The number of aryl methyl sites for hydroxylation is 1. The van der Waals surface area contributed by atoms with Crippen LogP contribution in [0.4, 0.5) is 5.69 Å². The molecule has 0 spiro atoms. The van der Waals surface area contributed by atoms with E-state index in [9.17, 15) is 4.79 Å². The zero-order valence-electron chi connectivity index (χ0n) is 14.2. The van der Waals surface area contributed by atoms with Crippen LogP contribution in [0, 0.1) is 6.92 Å². The topological polar surface area (TPSA) is 78.7 Å². The Labute approximate surface area is 146 Å². The first-order chi connectivity index (χ1) is 12.2. The molecule has 0 radical (unpaired) electrons. The molecule has 3 N–H and O–H groups in total. The third-order valence-electron chi connectivity index (χ3n) is 3.99. The lowest BCUT2D eigenvalue weighted by Crippen LogP contribution is -2.24. The molecule has 2 heterocycles. The average molecular weight is 338 g/mol. The maximum absolute atomic E-state index is 11.9. The van der Waals surface area contributed by atoms with Crippen LogP contribution in [-0.2, 0) is 6.54 Å². The summed E-state index contributed by atoms with van der Waals surface area (Å²) in [5.74, 6) is -0.129. The van der Waals surface area contributed by atoms with Gasteiger partial charge in [0.2, 0.25) is 0 Å². The zero-order valence-corrected chi connectivity index (χ0v) is 14.2. The predicted molar refractivity (Wildman–Crippen MR) is 97.7 cm³/mol. The number of amides is 1. The van der Waals surface area contributed by atoms with Crippen molar-refractivity contribution in [2.45, 2.75) is 19.9 Å². The Kier molecular flexibility index (Phi) is 5.30. The third-order valence-corrected chi connectivity index (χ3v) is 3.99. The van der Waals surface area contributed by atoms with E-state index in [-0.39, 0.29) is 12.5 Å². The fraction of sp³-hybridized carbons (Fsp3) is 0.263. The molecule has 3 rings (SSSR count). The van der Waals surface area contributed by atoms with Crippen LogP contribution in [0.3, 0.4) is 0 Å². The third kappa shape index (κ3) is 4.16. The fourth-order valence-electron chi connectivity index (χ4n) is 2.60. The maximum atomic E-state index is 11.9. The largest absolute Gasteiger partial charge is 0.396 e. The maximum Gasteiger partial charge on any atom is 0.251 e. The summed E-state index contributed by atoms with van der Waals surface area (Å²) in [5.41, 5.74) is 4.58. The van der Waals surface area contributed by atoms with Crippen LogP contribution in [0.1, 0.15) is 28.2 Å². The highest BCUT2D eigenvalue weighted by atomic mass is 16.3. The number of aliphatic hydroxyl groups is 1. The van der Waals surface area contributed by atoms with E-state index in [4.69, 9.17) is 5.11 Å². The van der Waals surface area contributed by atoms with E-state index in [0.29, 0.717) is 25.1 Å². The van der Waals surface area contributed by atoms with Gasteiger partial charge in [0.25, 0.3) is 5.91 Å². The number of fused-ring (bicyclic) bond motifs is 1. The molecule has 0 saturated heterocycles. The Bertz CT molecular complexity index is 855.